The Morgan fingerprint density at radius 2 is 0.538 bits per heavy atom. The van der Waals surface area contributed by atoms with Gasteiger partial charge in [-0.2, -0.15) is 0 Å². The molecule has 0 aromatic heterocycles. The maximum atomic E-state index is 8.51. The monoisotopic (exact) mass is 384 g/mol. The average Bonchev–Trinajstić information content (AvgIpc) is 2.68. The van der Waals surface area contributed by atoms with Gasteiger partial charge in [-0.05, 0) is 25.7 Å². The highest BCUT2D eigenvalue weighted by atomic mass is 16.3. The van der Waals surface area contributed by atoms with Crippen LogP contribution in [0.3, 0.4) is 0 Å². The number of unbranched alkanes of at least 4 members (excludes halogenated alkanes) is 10. The summed E-state index contributed by atoms with van der Waals surface area (Å²) >= 11 is 0. The molecule has 7 heteroatoms. The van der Waals surface area contributed by atoms with Gasteiger partial charge in [-0.1, -0.05) is 51.4 Å². The fraction of sp³-hybridized carbons (Fsp3) is 1.00. The van der Waals surface area contributed by atoms with Gasteiger partial charge in [-0.15, -0.1) is 0 Å². The minimum Gasteiger partial charge on any atom is -0.396 e. The van der Waals surface area contributed by atoms with E-state index in [-0.39, 0.29) is 26.4 Å². The second-order valence-corrected chi connectivity index (χ2v) is 6.16. The van der Waals surface area contributed by atoms with Crippen LogP contribution in [0.2, 0.25) is 0 Å². The van der Waals surface area contributed by atoms with E-state index in [4.69, 9.17) is 35.7 Å². The maximum Gasteiger partial charge on any atom is 0.100 e. The summed E-state index contributed by atoms with van der Waals surface area (Å²) in [6, 6.07) is 0. The van der Waals surface area contributed by atoms with Crippen molar-refractivity contribution in [1.82, 2.24) is 0 Å². The molecular formula is C19H44O7. The van der Waals surface area contributed by atoms with E-state index in [9.17, 15) is 0 Å². The van der Waals surface area contributed by atoms with Gasteiger partial charge in [-0.25, -0.2) is 0 Å². The molecule has 0 radical (unpaired) electrons. The summed E-state index contributed by atoms with van der Waals surface area (Å²) in [5, 5.41) is 57.6. The third-order valence-electron chi connectivity index (χ3n) is 3.55. The molecule has 0 atom stereocenters. The van der Waals surface area contributed by atoms with Gasteiger partial charge < -0.3 is 35.7 Å². The Bertz CT molecular complexity index is 186. The quantitative estimate of drug-likeness (QED) is 0.196. The van der Waals surface area contributed by atoms with E-state index in [0.29, 0.717) is 13.2 Å². The summed E-state index contributed by atoms with van der Waals surface area (Å²) in [6.45, 7) is 0.513. The molecular weight excluding hydrogens is 340 g/mol. The maximum absolute atomic E-state index is 8.51. The van der Waals surface area contributed by atoms with E-state index in [2.05, 4.69) is 0 Å². The highest BCUT2D eigenvalue weighted by Crippen LogP contribution is 2.07. The number of hydrogen-bond acceptors (Lipinski definition) is 7. The van der Waals surface area contributed by atoms with Crippen LogP contribution in [0.25, 0.3) is 0 Å². The molecule has 0 aromatic rings. The minimum absolute atomic E-state index is 0.283. The molecule has 7 nitrogen and oxygen atoms in total. The van der Waals surface area contributed by atoms with Gasteiger partial charge in [0.2, 0.25) is 0 Å². The number of rotatable bonds is 16. The van der Waals surface area contributed by atoms with Crippen molar-refractivity contribution in [2.75, 3.05) is 39.6 Å². The van der Waals surface area contributed by atoms with Crippen molar-refractivity contribution in [3.05, 3.63) is 0 Å². The molecule has 0 rings (SSSR count). The summed E-state index contributed by atoms with van der Waals surface area (Å²) in [7, 11) is 0. The Morgan fingerprint density at radius 3 is 0.654 bits per heavy atom. The molecule has 0 aliphatic carbocycles. The van der Waals surface area contributed by atoms with Crippen LogP contribution >= 0.6 is 0 Å². The first kappa shape index (κ1) is 30.4. The molecule has 7 N–H and O–H groups in total. The fourth-order valence-electron chi connectivity index (χ4n) is 1.92. The van der Waals surface area contributed by atoms with E-state index >= 15 is 0 Å². The first-order valence-corrected chi connectivity index (χ1v) is 9.97. The molecule has 0 heterocycles. The average molecular weight is 385 g/mol. The second kappa shape index (κ2) is 32.4. The van der Waals surface area contributed by atoms with Crippen molar-refractivity contribution >= 4 is 0 Å². The van der Waals surface area contributed by atoms with E-state index in [1.54, 1.807) is 0 Å². The summed E-state index contributed by atoms with van der Waals surface area (Å²) in [4.78, 5) is 0. The van der Waals surface area contributed by atoms with Gasteiger partial charge >= 0.3 is 0 Å². The van der Waals surface area contributed by atoms with Crippen molar-refractivity contribution in [2.45, 2.75) is 83.2 Å². The fourth-order valence-corrected chi connectivity index (χ4v) is 1.92. The van der Waals surface area contributed by atoms with Crippen molar-refractivity contribution in [3.63, 3.8) is 0 Å². The highest BCUT2D eigenvalue weighted by molar-refractivity contribution is 4.46. The first-order valence-electron chi connectivity index (χ1n) is 9.97. The van der Waals surface area contributed by atoms with Crippen molar-refractivity contribution in [2.24, 2.45) is 0 Å². The van der Waals surface area contributed by atoms with Gasteiger partial charge in [0, 0.05) is 26.4 Å². The summed E-state index contributed by atoms with van der Waals surface area (Å²) in [6.07, 6.45) is 12.2. The van der Waals surface area contributed by atoms with Crippen LogP contribution in [0.1, 0.15) is 77.0 Å². The summed E-state index contributed by atoms with van der Waals surface area (Å²) < 4.78 is 0. The Balaban J connectivity index is -0.000000328. The lowest BCUT2D eigenvalue weighted by Crippen LogP contribution is -2.15. The predicted molar refractivity (Wildman–Crippen MR) is 104 cm³/mol. The van der Waals surface area contributed by atoms with Gasteiger partial charge in [0.05, 0.1) is 13.2 Å². The summed E-state index contributed by atoms with van der Waals surface area (Å²) in [5.74, 6) is 0. The molecule has 0 amide bonds. The number of aliphatic hydroxyl groups is 7. The Kier molecular flexibility index (Phi) is 37.9. The van der Waals surface area contributed by atoms with Crippen molar-refractivity contribution < 1.29 is 35.7 Å². The van der Waals surface area contributed by atoms with E-state index in [1.165, 1.54) is 25.7 Å². The van der Waals surface area contributed by atoms with E-state index in [0.717, 1.165) is 51.4 Å². The topological polar surface area (TPSA) is 142 Å². The lowest BCUT2D eigenvalue weighted by atomic mass is 10.1. The smallest absolute Gasteiger partial charge is 0.100 e. The zero-order chi connectivity index (χ0) is 20.3. The van der Waals surface area contributed by atoms with Crippen molar-refractivity contribution in [3.8, 4) is 0 Å². The molecule has 0 bridgehead atoms. The highest BCUT2D eigenvalue weighted by Gasteiger charge is 1.94. The Hall–Kier alpha value is -0.280. The Morgan fingerprint density at radius 1 is 0.346 bits per heavy atom. The molecule has 0 saturated carbocycles. The molecule has 26 heavy (non-hydrogen) atoms. The standard InChI is InChI=1S/C10H22O2.C6H14O2.C3H8O3/c11-9-7-5-3-1-2-4-6-8-10-12;7-5-3-1-2-4-6-8;4-1-3(6)2-5/h11-12H,1-10H2;7-8H,1-6H2;3-6H,1-2H2. The SMILES string of the molecule is OCC(O)CO.OCCCCCCCCCCO.OCCCCCCO. The normalized spacial score (nSPS) is 10.2. The number of hydrogen-bond donors (Lipinski definition) is 7. The van der Waals surface area contributed by atoms with Crippen LogP contribution in [0.15, 0.2) is 0 Å². The third kappa shape index (κ3) is 39.0. The molecule has 0 aliphatic rings. The van der Waals surface area contributed by atoms with Crippen LogP contribution in [-0.2, 0) is 0 Å². The lowest BCUT2D eigenvalue weighted by molar-refractivity contribution is 0.0450. The van der Waals surface area contributed by atoms with E-state index in [1.807, 2.05) is 0 Å². The van der Waals surface area contributed by atoms with Crippen LogP contribution in [0.4, 0.5) is 0 Å². The molecule has 0 fully saturated rings. The molecule has 162 valence electrons. The minimum atomic E-state index is -0.954. The van der Waals surface area contributed by atoms with Crippen LogP contribution in [0.5, 0.6) is 0 Å². The molecule has 0 spiro atoms. The van der Waals surface area contributed by atoms with Crippen LogP contribution in [-0.4, -0.2) is 81.5 Å². The lowest BCUT2D eigenvalue weighted by Gasteiger charge is -1.99. The van der Waals surface area contributed by atoms with Crippen LogP contribution in [0, 0.1) is 0 Å². The van der Waals surface area contributed by atoms with Gasteiger partial charge in [0.25, 0.3) is 0 Å². The van der Waals surface area contributed by atoms with Gasteiger partial charge in [0.1, 0.15) is 6.10 Å². The first-order chi connectivity index (χ1) is 12.6. The third-order valence-corrected chi connectivity index (χ3v) is 3.55. The largest absolute Gasteiger partial charge is 0.396 e. The number of aliphatic hydroxyl groups excluding tert-OH is 7. The van der Waals surface area contributed by atoms with Gasteiger partial charge in [0.15, 0.2) is 0 Å². The zero-order valence-electron chi connectivity index (χ0n) is 16.4. The molecule has 0 saturated heterocycles. The second-order valence-electron chi connectivity index (χ2n) is 6.16. The summed E-state index contributed by atoms with van der Waals surface area (Å²) in [5.41, 5.74) is 0. The van der Waals surface area contributed by atoms with Crippen LogP contribution < -0.4 is 0 Å². The van der Waals surface area contributed by atoms with Crippen molar-refractivity contribution in [1.29, 1.82) is 0 Å². The Labute approximate surface area is 159 Å². The predicted octanol–water partition coefficient (Wildman–Crippen LogP) is 0.955. The van der Waals surface area contributed by atoms with E-state index < -0.39 is 6.10 Å². The van der Waals surface area contributed by atoms with Gasteiger partial charge in [-0.3, -0.25) is 0 Å². The zero-order valence-corrected chi connectivity index (χ0v) is 16.4. The molecule has 0 aromatic carbocycles. The molecule has 0 unspecified atom stereocenters. The molecule has 0 aliphatic heterocycles.